The average Bonchev–Trinajstić information content (AvgIpc) is 2.87. The third-order valence-corrected chi connectivity index (χ3v) is 5.47. The number of thiophene rings is 1. The van der Waals surface area contributed by atoms with Gasteiger partial charge in [-0.2, -0.15) is 0 Å². The first kappa shape index (κ1) is 17.3. The fourth-order valence-corrected chi connectivity index (χ4v) is 4.21. The summed E-state index contributed by atoms with van der Waals surface area (Å²) >= 11 is 1.70. The molecule has 0 amide bonds. The maximum Gasteiger partial charge on any atom is 0.149 e. The van der Waals surface area contributed by atoms with Gasteiger partial charge in [0.25, 0.3) is 0 Å². The number of hydrogen-bond donors (Lipinski definition) is 1. The highest BCUT2D eigenvalue weighted by molar-refractivity contribution is 7.12. The minimum atomic E-state index is -0.556. The lowest BCUT2D eigenvalue weighted by atomic mass is 10.1. The predicted octanol–water partition coefficient (Wildman–Crippen LogP) is 3.50. The third-order valence-electron chi connectivity index (χ3n) is 4.49. The van der Waals surface area contributed by atoms with Crippen molar-refractivity contribution in [2.24, 2.45) is 0 Å². The van der Waals surface area contributed by atoms with E-state index < -0.39 is 17.7 Å². The number of aryl methyl sites for hydroxylation is 2. The molecule has 6 heteroatoms. The third kappa shape index (κ3) is 3.77. The van der Waals surface area contributed by atoms with Gasteiger partial charge in [-0.15, -0.1) is 11.3 Å². The number of benzene rings is 1. The van der Waals surface area contributed by atoms with Crippen LogP contribution in [0.4, 0.5) is 14.5 Å². The molecule has 3 nitrogen and oxygen atoms in total. The zero-order chi connectivity index (χ0) is 17.3. The summed E-state index contributed by atoms with van der Waals surface area (Å²) in [5.41, 5.74) is 1.45. The first-order valence-electron chi connectivity index (χ1n) is 8.11. The van der Waals surface area contributed by atoms with E-state index >= 15 is 0 Å². The molecule has 1 saturated heterocycles. The number of halogens is 2. The van der Waals surface area contributed by atoms with Gasteiger partial charge < -0.3 is 10.0 Å². The van der Waals surface area contributed by atoms with Crippen molar-refractivity contribution < 1.29 is 13.9 Å². The zero-order valence-corrected chi connectivity index (χ0v) is 14.7. The summed E-state index contributed by atoms with van der Waals surface area (Å²) in [5, 5.41) is 10.5. The van der Waals surface area contributed by atoms with Gasteiger partial charge in [-0.05, 0) is 37.6 Å². The Kier molecular flexibility index (Phi) is 5.18. The van der Waals surface area contributed by atoms with Crippen LogP contribution in [0.25, 0.3) is 0 Å². The molecule has 0 saturated carbocycles. The number of rotatable bonds is 4. The van der Waals surface area contributed by atoms with Gasteiger partial charge in [0.1, 0.15) is 11.6 Å². The van der Waals surface area contributed by atoms with Crippen LogP contribution in [-0.4, -0.2) is 42.7 Å². The Labute approximate surface area is 145 Å². The molecule has 0 unspecified atom stereocenters. The minimum absolute atomic E-state index is 0.445. The van der Waals surface area contributed by atoms with Crippen LogP contribution < -0.4 is 4.90 Å². The van der Waals surface area contributed by atoms with Crippen LogP contribution >= 0.6 is 11.3 Å². The molecule has 0 spiro atoms. The van der Waals surface area contributed by atoms with Crippen molar-refractivity contribution >= 4 is 17.0 Å². The summed E-state index contributed by atoms with van der Waals surface area (Å²) in [6.45, 7) is 7.48. The Morgan fingerprint density at radius 2 is 1.83 bits per heavy atom. The molecular weight excluding hydrogens is 330 g/mol. The van der Waals surface area contributed by atoms with Crippen molar-refractivity contribution in [3.8, 4) is 0 Å². The van der Waals surface area contributed by atoms with E-state index in [9.17, 15) is 13.9 Å². The zero-order valence-electron chi connectivity index (χ0n) is 13.9. The van der Waals surface area contributed by atoms with Crippen LogP contribution in [0.15, 0.2) is 24.3 Å². The lowest BCUT2D eigenvalue weighted by Crippen LogP contribution is -2.47. The summed E-state index contributed by atoms with van der Waals surface area (Å²) in [4.78, 5) is 6.48. The molecule has 2 heterocycles. The SMILES string of the molecule is Cc1cc([C@H](O)CN2CCN(c3ccc(F)cc3F)CC2)c(C)s1. The van der Waals surface area contributed by atoms with E-state index in [-0.39, 0.29) is 0 Å². The van der Waals surface area contributed by atoms with E-state index in [4.69, 9.17) is 0 Å². The highest BCUT2D eigenvalue weighted by atomic mass is 32.1. The van der Waals surface area contributed by atoms with Gasteiger partial charge >= 0.3 is 0 Å². The normalized spacial score (nSPS) is 17.3. The molecule has 1 aromatic carbocycles. The standard InChI is InChI=1S/C18H22F2N2OS/c1-12-9-15(13(2)24-12)18(23)11-21-5-7-22(8-6-21)17-4-3-14(19)10-16(17)20/h3-4,9-10,18,23H,5-8,11H2,1-2H3/t18-/m1/s1. The molecule has 1 atom stereocenters. The first-order valence-corrected chi connectivity index (χ1v) is 8.93. The van der Waals surface area contributed by atoms with E-state index in [1.807, 2.05) is 18.7 Å². The van der Waals surface area contributed by atoms with Crippen LogP contribution in [0.3, 0.4) is 0 Å². The maximum atomic E-state index is 13.9. The van der Waals surface area contributed by atoms with E-state index in [0.717, 1.165) is 29.6 Å². The van der Waals surface area contributed by atoms with Gasteiger partial charge in [-0.3, -0.25) is 4.90 Å². The van der Waals surface area contributed by atoms with E-state index in [0.29, 0.717) is 25.3 Å². The topological polar surface area (TPSA) is 26.7 Å². The minimum Gasteiger partial charge on any atom is -0.387 e. The van der Waals surface area contributed by atoms with Crippen molar-refractivity contribution in [1.29, 1.82) is 0 Å². The van der Waals surface area contributed by atoms with Crippen molar-refractivity contribution in [1.82, 2.24) is 4.90 Å². The highest BCUT2D eigenvalue weighted by Crippen LogP contribution is 2.27. The van der Waals surface area contributed by atoms with Gasteiger partial charge in [0.15, 0.2) is 0 Å². The lowest BCUT2D eigenvalue weighted by Gasteiger charge is -2.37. The summed E-state index contributed by atoms with van der Waals surface area (Å²) in [7, 11) is 0. The van der Waals surface area contributed by atoms with Crippen molar-refractivity contribution in [3.63, 3.8) is 0 Å². The fourth-order valence-electron chi connectivity index (χ4n) is 3.23. The summed E-state index contributed by atoms with van der Waals surface area (Å²) in [5.74, 6) is -1.08. The number of aliphatic hydroxyl groups is 1. The lowest BCUT2D eigenvalue weighted by molar-refractivity contribution is 0.109. The van der Waals surface area contributed by atoms with E-state index in [1.54, 1.807) is 11.3 Å². The molecule has 1 N–H and O–H groups in total. The van der Waals surface area contributed by atoms with Gasteiger partial charge in [0.2, 0.25) is 0 Å². The average molecular weight is 352 g/mol. The molecule has 2 aromatic rings. The van der Waals surface area contributed by atoms with Gasteiger partial charge in [0, 0.05) is 48.5 Å². The Balaban J connectivity index is 1.58. The van der Waals surface area contributed by atoms with Crippen LogP contribution in [0.5, 0.6) is 0 Å². The van der Waals surface area contributed by atoms with Crippen molar-refractivity contribution in [2.75, 3.05) is 37.6 Å². The number of anilines is 1. The molecule has 1 aromatic heterocycles. The quantitative estimate of drug-likeness (QED) is 0.912. The largest absolute Gasteiger partial charge is 0.387 e. The number of piperazine rings is 1. The Morgan fingerprint density at radius 3 is 2.42 bits per heavy atom. The van der Waals surface area contributed by atoms with Crippen LogP contribution in [-0.2, 0) is 0 Å². The Hall–Kier alpha value is -1.50. The second kappa shape index (κ2) is 7.17. The molecule has 0 aliphatic carbocycles. The number of nitrogens with zero attached hydrogens (tertiary/aromatic N) is 2. The molecular formula is C18H22F2N2OS. The highest BCUT2D eigenvalue weighted by Gasteiger charge is 2.23. The van der Waals surface area contributed by atoms with Crippen molar-refractivity contribution in [2.45, 2.75) is 20.0 Å². The maximum absolute atomic E-state index is 13.9. The number of β-amino-alcohol motifs (C(OH)–C–C–N with tert-alkyl or cyclic N) is 1. The molecule has 24 heavy (non-hydrogen) atoms. The monoisotopic (exact) mass is 352 g/mol. The van der Waals surface area contributed by atoms with Crippen LogP contribution in [0.2, 0.25) is 0 Å². The van der Waals surface area contributed by atoms with Crippen LogP contribution in [0, 0.1) is 25.5 Å². The first-order chi connectivity index (χ1) is 11.4. The van der Waals surface area contributed by atoms with Gasteiger partial charge in [0.05, 0.1) is 11.8 Å². The van der Waals surface area contributed by atoms with E-state index in [2.05, 4.69) is 11.0 Å². The molecule has 3 rings (SSSR count). The van der Waals surface area contributed by atoms with Gasteiger partial charge in [-0.1, -0.05) is 0 Å². The molecule has 130 valence electrons. The molecule has 1 aliphatic heterocycles. The molecule has 0 bridgehead atoms. The smallest absolute Gasteiger partial charge is 0.149 e. The van der Waals surface area contributed by atoms with E-state index in [1.165, 1.54) is 17.0 Å². The van der Waals surface area contributed by atoms with Gasteiger partial charge in [-0.25, -0.2) is 8.78 Å². The molecule has 1 aliphatic rings. The molecule has 1 fully saturated rings. The van der Waals surface area contributed by atoms with Crippen LogP contribution in [0.1, 0.15) is 21.4 Å². The molecule has 0 radical (unpaired) electrons. The summed E-state index contributed by atoms with van der Waals surface area (Å²) in [6, 6.07) is 5.75. The van der Waals surface area contributed by atoms with Crippen molar-refractivity contribution in [3.05, 3.63) is 51.2 Å². The summed E-state index contributed by atoms with van der Waals surface area (Å²) in [6.07, 6.45) is -0.496. The number of aliphatic hydroxyl groups excluding tert-OH is 1. The summed E-state index contributed by atoms with van der Waals surface area (Å²) < 4.78 is 26.9. The second-order valence-electron chi connectivity index (χ2n) is 6.27. The number of hydrogen-bond acceptors (Lipinski definition) is 4. The predicted molar refractivity (Wildman–Crippen MR) is 93.8 cm³/mol. The fraction of sp³-hybridized carbons (Fsp3) is 0.444. The Morgan fingerprint density at radius 1 is 1.12 bits per heavy atom. The Bertz CT molecular complexity index is 711. The second-order valence-corrected chi connectivity index (χ2v) is 7.73.